The van der Waals surface area contributed by atoms with Crippen LogP contribution in [0.4, 0.5) is 0 Å². The van der Waals surface area contributed by atoms with E-state index in [-0.39, 0.29) is 18.0 Å². The molecule has 0 radical (unpaired) electrons. The van der Waals surface area contributed by atoms with E-state index in [1.807, 2.05) is 0 Å². The van der Waals surface area contributed by atoms with Crippen LogP contribution in [0.25, 0.3) is 0 Å². The number of fused-ring (bicyclic) bond motifs is 2. The molecule has 208 valence electrons. The Balaban J connectivity index is 1.14. The van der Waals surface area contributed by atoms with Gasteiger partial charge < -0.3 is 10.1 Å². The van der Waals surface area contributed by atoms with Crippen molar-refractivity contribution in [1.29, 1.82) is 0 Å². The second-order valence-corrected chi connectivity index (χ2v) is 12.9. The lowest BCUT2D eigenvalue weighted by atomic mass is 9.55. The number of ether oxygens (including phenoxy) is 1. The normalized spacial score (nSPS) is 29.7. The van der Waals surface area contributed by atoms with E-state index in [9.17, 15) is 4.79 Å². The standard InChI is InChI=1S/C33H59NO2/c1-4-5-6-7-8-9-10-11-12-13-14-15-16-17-18-19-23-34-26-29-28-24-30-27(2)21-20-22-33(30,3)25-31(28)36-32(29)35/h28-31,34H,2,4-26H2,1,3H3/t28-,29+,30-,31+,33-/m1/s1. The highest BCUT2D eigenvalue weighted by Gasteiger charge is 2.54. The van der Waals surface area contributed by atoms with Crippen LogP contribution >= 0.6 is 0 Å². The van der Waals surface area contributed by atoms with Crippen molar-refractivity contribution >= 4 is 5.97 Å². The number of esters is 1. The fourth-order valence-electron chi connectivity index (χ4n) is 7.55. The van der Waals surface area contributed by atoms with Crippen LogP contribution in [0.1, 0.15) is 149 Å². The van der Waals surface area contributed by atoms with E-state index in [0.29, 0.717) is 17.3 Å². The Morgan fingerprint density at radius 1 is 0.889 bits per heavy atom. The summed E-state index contributed by atoms with van der Waals surface area (Å²) >= 11 is 0. The van der Waals surface area contributed by atoms with Crippen LogP contribution in [0.5, 0.6) is 0 Å². The molecule has 0 bridgehead atoms. The molecule has 0 aromatic carbocycles. The minimum Gasteiger partial charge on any atom is -0.462 e. The summed E-state index contributed by atoms with van der Waals surface area (Å²) in [5.41, 5.74) is 1.73. The van der Waals surface area contributed by atoms with E-state index >= 15 is 0 Å². The van der Waals surface area contributed by atoms with Crippen molar-refractivity contribution in [3.05, 3.63) is 12.2 Å². The van der Waals surface area contributed by atoms with Crippen LogP contribution in [0.3, 0.4) is 0 Å². The van der Waals surface area contributed by atoms with Crippen molar-refractivity contribution in [2.24, 2.45) is 23.2 Å². The summed E-state index contributed by atoms with van der Waals surface area (Å²) in [6.07, 6.45) is 28.5. The zero-order valence-corrected chi connectivity index (χ0v) is 24.1. The summed E-state index contributed by atoms with van der Waals surface area (Å²) in [7, 11) is 0. The fraction of sp³-hybridized carbons (Fsp3) is 0.909. The molecular weight excluding hydrogens is 442 g/mol. The molecule has 0 aromatic rings. The highest BCUT2D eigenvalue weighted by molar-refractivity contribution is 5.75. The van der Waals surface area contributed by atoms with Gasteiger partial charge in [0.25, 0.3) is 0 Å². The molecule has 1 N–H and O–H groups in total. The number of carbonyl (C=O) groups excluding carboxylic acids is 1. The maximum absolute atomic E-state index is 12.7. The molecule has 2 saturated carbocycles. The summed E-state index contributed by atoms with van der Waals surface area (Å²) in [4.78, 5) is 12.7. The molecule has 3 aliphatic rings. The summed E-state index contributed by atoms with van der Waals surface area (Å²) in [6, 6.07) is 0. The predicted octanol–water partition coefficient (Wildman–Crippen LogP) is 9.15. The predicted molar refractivity (Wildman–Crippen MR) is 153 cm³/mol. The molecule has 0 spiro atoms. The molecule has 1 saturated heterocycles. The Morgan fingerprint density at radius 2 is 1.44 bits per heavy atom. The largest absolute Gasteiger partial charge is 0.462 e. The van der Waals surface area contributed by atoms with Crippen LogP contribution in [0.15, 0.2) is 12.2 Å². The van der Waals surface area contributed by atoms with Gasteiger partial charge in [-0.15, -0.1) is 0 Å². The van der Waals surface area contributed by atoms with Gasteiger partial charge in [0.1, 0.15) is 6.10 Å². The van der Waals surface area contributed by atoms with E-state index in [2.05, 4.69) is 25.7 Å². The van der Waals surface area contributed by atoms with Gasteiger partial charge in [-0.3, -0.25) is 4.79 Å². The van der Waals surface area contributed by atoms with E-state index in [0.717, 1.165) is 25.9 Å². The van der Waals surface area contributed by atoms with Crippen molar-refractivity contribution in [1.82, 2.24) is 5.32 Å². The number of hydrogen-bond donors (Lipinski definition) is 1. The Kier molecular flexibility index (Phi) is 13.4. The quantitative estimate of drug-likeness (QED) is 0.109. The van der Waals surface area contributed by atoms with Gasteiger partial charge in [-0.05, 0) is 56.4 Å². The molecule has 2 aliphatic carbocycles. The zero-order valence-electron chi connectivity index (χ0n) is 24.1. The third kappa shape index (κ3) is 9.17. The molecule has 1 aliphatic heterocycles. The van der Waals surface area contributed by atoms with Crippen molar-refractivity contribution in [2.75, 3.05) is 13.1 Å². The lowest BCUT2D eigenvalue weighted by Gasteiger charge is -2.50. The number of carbonyl (C=O) groups is 1. The van der Waals surface area contributed by atoms with Crippen molar-refractivity contribution in [3.8, 4) is 0 Å². The average Bonchev–Trinajstić information content (AvgIpc) is 3.15. The third-order valence-electron chi connectivity index (χ3n) is 9.89. The Bertz CT molecular complexity index is 646. The summed E-state index contributed by atoms with van der Waals surface area (Å²) in [5.74, 6) is 1.08. The fourth-order valence-corrected chi connectivity index (χ4v) is 7.55. The molecule has 0 unspecified atom stereocenters. The van der Waals surface area contributed by atoms with Gasteiger partial charge in [0, 0.05) is 12.5 Å². The monoisotopic (exact) mass is 501 g/mol. The first-order valence-corrected chi connectivity index (χ1v) is 16.1. The van der Waals surface area contributed by atoms with Crippen LogP contribution in [0, 0.1) is 23.2 Å². The molecule has 0 amide bonds. The van der Waals surface area contributed by atoms with Gasteiger partial charge in [-0.2, -0.15) is 0 Å². The maximum Gasteiger partial charge on any atom is 0.310 e. The van der Waals surface area contributed by atoms with Crippen LogP contribution in [-0.4, -0.2) is 25.2 Å². The average molecular weight is 502 g/mol. The third-order valence-corrected chi connectivity index (χ3v) is 9.89. The van der Waals surface area contributed by atoms with E-state index in [1.165, 1.54) is 128 Å². The van der Waals surface area contributed by atoms with Crippen molar-refractivity contribution in [2.45, 2.75) is 155 Å². The zero-order chi connectivity index (χ0) is 25.6. The number of nitrogens with one attached hydrogen (secondary N) is 1. The van der Waals surface area contributed by atoms with Crippen LogP contribution in [-0.2, 0) is 9.53 Å². The van der Waals surface area contributed by atoms with E-state index in [4.69, 9.17) is 4.74 Å². The molecule has 3 fully saturated rings. The minimum absolute atomic E-state index is 0.0512. The minimum atomic E-state index is 0.0512. The highest BCUT2D eigenvalue weighted by Crippen LogP contribution is 2.56. The second-order valence-electron chi connectivity index (χ2n) is 12.9. The van der Waals surface area contributed by atoms with Gasteiger partial charge in [0.05, 0.1) is 5.92 Å². The first kappa shape index (κ1) is 29.7. The molecule has 1 heterocycles. The SMILES string of the molecule is C=C1CCC[C@]2(C)C[C@@H]3OC(=O)[C@@H](CNCCCCCCCCCCCCCCCCCC)[C@H]3C[C@H]12. The topological polar surface area (TPSA) is 38.3 Å². The van der Waals surface area contributed by atoms with Crippen molar-refractivity contribution in [3.63, 3.8) is 0 Å². The molecule has 5 atom stereocenters. The first-order chi connectivity index (χ1) is 17.5. The highest BCUT2D eigenvalue weighted by atomic mass is 16.6. The summed E-state index contributed by atoms with van der Waals surface area (Å²) in [6.45, 7) is 11.0. The Morgan fingerprint density at radius 3 is 2.03 bits per heavy atom. The van der Waals surface area contributed by atoms with Crippen molar-refractivity contribution < 1.29 is 9.53 Å². The lowest BCUT2D eigenvalue weighted by molar-refractivity contribution is -0.146. The van der Waals surface area contributed by atoms with Crippen LogP contribution in [0.2, 0.25) is 0 Å². The van der Waals surface area contributed by atoms with Gasteiger partial charge in [-0.1, -0.05) is 122 Å². The molecule has 36 heavy (non-hydrogen) atoms. The van der Waals surface area contributed by atoms with Gasteiger partial charge in [0.2, 0.25) is 0 Å². The van der Waals surface area contributed by atoms with E-state index < -0.39 is 0 Å². The number of rotatable bonds is 19. The second kappa shape index (κ2) is 16.2. The van der Waals surface area contributed by atoms with Gasteiger partial charge >= 0.3 is 5.97 Å². The number of allylic oxidation sites excluding steroid dienone is 1. The molecule has 3 heteroatoms. The Labute approximate surface area is 224 Å². The first-order valence-electron chi connectivity index (χ1n) is 16.1. The maximum atomic E-state index is 12.7. The van der Waals surface area contributed by atoms with Gasteiger partial charge in [0.15, 0.2) is 0 Å². The number of hydrogen-bond acceptors (Lipinski definition) is 3. The molecule has 3 nitrogen and oxygen atoms in total. The molecule has 0 aromatic heterocycles. The molecular formula is C33H59NO2. The summed E-state index contributed by atoms with van der Waals surface area (Å²) < 4.78 is 5.91. The molecule has 3 rings (SSSR count). The van der Waals surface area contributed by atoms with Gasteiger partial charge in [-0.25, -0.2) is 0 Å². The summed E-state index contributed by atoms with van der Waals surface area (Å²) in [5, 5.41) is 3.61. The van der Waals surface area contributed by atoms with Crippen LogP contribution < -0.4 is 5.32 Å². The smallest absolute Gasteiger partial charge is 0.310 e. The Hall–Kier alpha value is -0.830. The number of unbranched alkanes of at least 4 members (excludes halogenated alkanes) is 15. The lowest BCUT2D eigenvalue weighted by Crippen LogP contribution is -2.45. The van der Waals surface area contributed by atoms with E-state index in [1.54, 1.807) is 0 Å².